The van der Waals surface area contributed by atoms with Gasteiger partial charge in [-0.05, 0) is 41.4 Å². The number of hydrogen-bond acceptors (Lipinski definition) is 4. The van der Waals surface area contributed by atoms with Gasteiger partial charge >= 0.3 is 0 Å². The number of aliphatic hydroxyl groups is 1. The molecule has 0 fully saturated rings. The third-order valence-corrected chi connectivity index (χ3v) is 3.94. The fourth-order valence-corrected chi connectivity index (χ4v) is 2.93. The van der Waals surface area contributed by atoms with Crippen LogP contribution in [0.4, 0.5) is 0 Å². The number of likely N-dealkylation sites (N-methyl/N-ethyl adjacent to an activating group) is 1. The minimum atomic E-state index is -0.643. The SMILES string of the molecule is COc1cc2c(cc1O)C(O)CN(C)Cc1ccccc1-2. The maximum absolute atomic E-state index is 10.5. The van der Waals surface area contributed by atoms with E-state index in [1.807, 2.05) is 25.2 Å². The quantitative estimate of drug-likeness (QED) is 0.845. The van der Waals surface area contributed by atoms with E-state index in [0.717, 1.165) is 23.2 Å². The predicted molar refractivity (Wildman–Crippen MR) is 81.4 cm³/mol. The molecule has 0 saturated heterocycles. The first-order valence-electron chi connectivity index (χ1n) is 6.96. The van der Waals surface area contributed by atoms with Crippen molar-refractivity contribution in [3.63, 3.8) is 0 Å². The van der Waals surface area contributed by atoms with E-state index in [4.69, 9.17) is 4.74 Å². The number of phenolic OH excluding ortho intramolecular Hbond substituents is 1. The number of rotatable bonds is 1. The molecule has 4 heteroatoms. The van der Waals surface area contributed by atoms with Crippen LogP contribution in [0.25, 0.3) is 11.1 Å². The Labute approximate surface area is 124 Å². The molecule has 0 amide bonds. The second-order valence-corrected chi connectivity index (χ2v) is 5.48. The van der Waals surface area contributed by atoms with Gasteiger partial charge in [-0.1, -0.05) is 24.3 Å². The lowest BCUT2D eigenvalue weighted by Gasteiger charge is -2.28. The van der Waals surface area contributed by atoms with Crippen molar-refractivity contribution in [1.29, 1.82) is 0 Å². The third kappa shape index (κ3) is 2.48. The van der Waals surface area contributed by atoms with Crippen LogP contribution in [0.1, 0.15) is 17.2 Å². The third-order valence-electron chi connectivity index (χ3n) is 3.94. The molecule has 1 atom stereocenters. The standard InChI is InChI=1S/C17H19NO3/c1-18-9-11-5-3-4-6-12(11)13-8-17(21-2)15(19)7-14(13)16(20)10-18/h3-8,16,19-20H,9-10H2,1-2H3. The molecule has 4 nitrogen and oxygen atoms in total. The molecule has 0 aliphatic carbocycles. The summed E-state index contributed by atoms with van der Waals surface area (Å²) in [5, 5.41) is 20.5. The molecule has 110 valence electrons. The fourth-order valence-electron chi connectivity index (χ4n) is 2.93. The first-order valence-corrected chi connectivity index (χ1v) is 6.96. The number of aromatic hydroxyl groups is 1. The summed E-state index contributed by atoms with van der Waals surface area (Å²) >= 11 is 0. The van der Waals surface area contributed by atoms with Gasteiger partial charge in [0.15, 0.2) is 11.5 Å². The molecule has 3 rings (SSSR count). The smallest absolute Gasteiger partial charge is 0.161 e. The average molecular weight is 285 g/mol. The van der Waals surface area contributed by atoms with Crippen LogP contribution in [0.15, 0.2) is 36.4 Å². The monoisotopic (exact) mass is 285 g/mol. The van der Waals surface area contributed by atoms with Crippen molar-refractivity contribution in [2.75, 3.05) is 20.7 Å². The molecule has 0 bridgehead atoms. The molecule has 1 aliphatic rings. The molecule has 21 heavy (non-hydrogen) atoms. The Hall–Kier alpha value is -2.04. The van der Waals surface area contributed by atoms with E-state index < -0.39 is 6.10 Å². The molecule has 1 aliphatic heterocycles. The van der Waals surface area contributed by atoms with Crippen molar-refractivity contribution in [3.05, 3.63) is 47.5 Å². The molecule has 0 aromatic heterocycles. The average Bonchev–Trinajstić information content (AvgIpc) is 2.46. The molecule has 1 unspecified atom stereocenters. The minimum Gasteiger partial charge on any atom is -0.504 e. The number of methoxy groups -OCH3 is 1. The van der Waals surface area contributed by atoms with Crippen LogP contribution in [0, 0.1) is 0 Å². The number of benzene rings is 2. The highest BCUT2D eigenvalue weighted by Crippen LogP contribution is 2.40. The summed E-state index contributed by atoms with van der Waals surface area (Å²) in [7, 11) is 3.51. The van der Waals surface area contributed by atoms with Gasteiger partial charge in [0.1, 0.15) is 0 Å². The van der Waals surface area contributed by atoms with Crippen LogP contribution in [0.3, 0.4) is 0 Å². The van der Waals surface area contributed by atoms with Gasteiger partial charge in [0.25, 0.3) is 0 Å². The van der Waals surface area contributed by atoms with Crippen LogP contribution in [-0.2, 0) is 6.54 Å². The molecule has 2 aromatic rings. The predicted octanol–water partition coefficient (Wildman–Crippen LogP) is 2.55. The van der Waals surface area contributed by atoms with Gasteiger partial charge in [-0.25, -0.2) is 0 Å². The highest BCUT2D eigenvalue weighted by atomic mass is 16.5. The number of hydrogen-bond donors (Lipinski definition) is 2. The van der Waals surface area contributed by atoms with Gasteiger partial charge in [-0.3, -0.25) is 4.90 Å². The Bertz CT molecular complexity index is 669. The Morgan fingerprint density at radius 1 is 1.19 bits per heavy atom. The van der Waals surface area contributed by atoms with Gasteiger partial charge in [0.05, 0.1) is 13.2 Å². The van der Waals surface area contributed by atoms with Gasteiger partial charge < -0.3 is 14.9 Å². The number of phenols is 1. The topological polar surface area (TPSA) is 52.9 Å². The first-order chi connectivity index (χ1) is 10.1. The molecule has 0 radical (unpaired) electrons. The highest BCUT2D eigenvalue weighted by molar-refractivity contribution is 5.74. The number of fused-ring (bicyclic) bond motifs is 3. The van der Waals surface area contributed by atoms with Crippen molar-refractivity contribution in [2.45, 2.75) is 12.6 Å². The normalized spacial score (nSPS) is 18.3. The Morgan fingerprint density at radius 2 is 1.95 bits per heavy atom. The Balaban J connectivity index is 2.27. The van der Waals surface area contributed by atoms with Crippen LogP contribution < -0.4 is 4.74 Å². The Kier molecular flexibility index (Phi) is 3.57. The van der Waals surface area contributed by atoms with E-state index in [0.29, 0.717) is 12.3 Å². The van der Waals surface area contributed by atoms with E-state index in [1.165, 1.54) is 12.7 Å². The maximum Gasteiger partial charge on any atom is 0.161 e. The number of ether oxygens (including phenoxy) is 1. The lowest BCUT2D eigenvalue weighted by Crippen LogP contribution is -2.26. The lowest BCUT2D eigenvalue weighted by molar-refractivity contribution is 0.123. The van der Waals surface area contributed by atoms with Gasteiger partial charge in [0.2, 0.25) is 0 Å². The zero-order chi connectivity index (χ0) is 15.0. The van der Waals surface area contributed by atoms with E-state index >= 15 is 0 Å². The summed E-state index contributed by atoms with van der Waals surface area (Å²) in [6.45, 7) is 1.29. The van der Waals surface area contributed by atoms with Gasteiger partial charge in [-0.15, -0.1) is 0 Å². The summed E-state index contributed by atoms with van der Waals surface area (Å²) in [5.41, 5.74) is 3.91. The molecular formula is C17H19NO3. The number of aliphatic hydroxyl groups excluding tert-OH is 1. The summed E-state index contributed by atoms with van der Waals surface area (Å²) < 4.78 is 5.21. The summed E-state index contributed by atoms with van der Waals surface area (Å²) in [6.07, 6.45) is -0.643. The van der Waals surface area contributed by atoms with Gasteiger partial charge in [-0.2, -0.15) is 0 Å². The zero-order valence-electron chi connectivity index (χ0n) is 12.2. The zero-order valence-corrected chi connectivity index (χ0v) is 12.2. The van der Waals surface area contributed by atoms with E-state index in [9.17, 15) is 10.2 Å². The minimum absolute atomic E-state index is 0.0519. The summed E-state index contributed by atoms with van der Waals surface area (Å²) in [4.78, 5) is 2.08. The molecular weight excluding hydrogens is 266 g/mol. The highest BCUT2D eigenvalue weighted by Gasteiger charge is 2.23. The van der Waals surface area contributed by atoms with E-state index in [-0.39, 0.29) is 5.75 Å². The first kappa shape index (κ1) is 13.9. The van der Waals surface area contributed by atoms with Crippen LogP contribution in [-0.4, -0.2) is 35.8 Å². The molecule has 1 heterocycles. The van der Waals surface area contributed by atoms with E-state index in [2.05, 4.69) is 11.0 Å². The summed E-state index contributed by atoms with van der Waals surface area (Å²) in [5.74, 6) is 0.473. The van der Waals surface area contributed by atoms with Crippen molar-refractivity contribution >= 4 is 0 Å². The maximum atomic E-state index is 10.5. The van der Waals surface area contributed by atoms with Crippen molar-refractivity contribution in [3.8, 4) is 22.6 Å². The molecule has 0 spiro atoms. The van der Waals surface area contributed by atoms with Gasteiger partial charge in [0, 0.05) is 13.1 Å². The number of β-amino-alcohol motifs (C(OH)–C–C–N with tert-alkyl or cyclic N) is 1. The van der Waals surface area contributed by atoms with E-state index in [1.54, 1.807) is 12.1 Å². The van der Waals surface area contributed by atoms with Crippen molar-refractivity contribution < 1.29 is 14.9 Å². The van der Waals surface area contributed by atoms with Crippen LogP contribution in [0.5, 0.6) is 11.5 Å². The second-order valence-electron chi connectivity index (χ2n) is 5.48. The summed E-state index contributed by atoms with van der Waals surface area (Å²) in [6, 6.07) is 11.5. The second kappa shape index (κ2) is 5.39. The van der Waals surface area contributed by atoms with Crippen molar-refractivity contribution in [1.82, 2.24) is 4.90 Å². The van der Waals surface area contributed by atoms with Crippen molar-refractivity contribution in [2.24, 2.45) is 0 Å². The largest absolute Gasteiger partial charge is 0.504 e. The van der Waals surface area contributed by atoms with Crippen LogP contribution >= 0.6 is 0 Å². The molecule has 2 N–H and O–H groups in total. The lowest BCUT2D eigenvalue weighted by atomic mass is 9.90. The molecule has 2 aromatic carbocycles. The van der Waals surface area contributed by atoms with Crippen LogP contribution in [0.2, 0.25) is 0 Å². The molecule has 0 saturated carbocycles. The Morgan fingerprint density at radius 3 is 2.71 bits per heavy atom. The fraction of sp³-hybridized carbons (Fsp3) is 0.294. The number of nitrogens with zero attached hydrogens (tertiary/aromatic N) is 1.